The topological polar surface area (TPSA) is 40.7 Å². The molecule has 1 unspecified atom stereocenters. The van der Waals surface area contributed by atoms with E-state index in [-0.39, 0.29) is 11.9 Å². The average Bonchev–Trinajstić information content (AvgIpc) is 2.82. The van der Waals surface area contributed by atoms with Crippen LogP contribution in [0.5, 0.6) is 0 Å². The smallest absolute Gasteiger partial charge is 0.123 e. The third-order valence-electron chi connectivity index (χ3n) is 2.86. The zero-order valence-electron chi connectivity index (χ0n) is 10.5. The van der Waals surface area contributed by atoms with Crippen LogP contribution in [0.4, 0.5) is 4.39 Å². The Bertz CT molecular complexity index is 468. The summed E-state index contributed by atoms with van der Waals surface area (Å²) in [7, 11) is 0. The Morgan fingerprint density at radius 1 is 1.39 bits per heavy atom. The van der Waals surface area contributed by atoms with Crippen molar-refractivity contribution in [2.45, 2.75) is 25.8 Å². The van der Waals surface area contributed by atoms with Crippen LogP contribution in [0.25, 0.3) is 0 Å². The molecule has 0 aliphatic carbocycles. The molecule has 1 aromatic carbocycles. The molecule has 2 aromatic rings. The van der Waals surface area contributed by atoms with Gasteiger partial charge < -0.3 is 10.3 Å². The standard InChI is InChI=1S/C14H18FN3/c1-2-16-13(10-14-17-6-7-18-14)9-11-4-3-5-12(15)8-11/h3-8,13,16H,2,9-10H2,1H3,(H,17,18). The predicted octanol–water partition coefficient (Wildman–Crippen LogP) is 2.31. The van der Waals surface area contributed by atoms with Crippen molar-refractivity contribution in [1.29, 1.82) is 0 Å². The molecule has 0 fully saturated rings. The second-order valence-corrected chi connectivity index (χ2v) is 4.33. The Morgan fingerprint density at radius 2 is 2.28 bits per heavy atom. The second kappa shape index (κ2) is 6.31. The molecule has 18 heavy (non-hydrogen) atoms. The van der Waals surface area contributed by atoms with Gasteiger partial charge >= 0.3 is 0 Å². The van der Waals surface area contributed by atoms with E-state index in [1.165, 1.54) is 6.07 Å². The maximum Gasteiger partial charge on any atom is 0.123 e. The van der Waals surface area contributed by atoms with Crippen molar-refractivity contribution >= 4 is 0 Å². The first-order valence-corrected chi connectivity index (χ1v) is 6.24. The quantitative estimate of drug-likeness (QED) is 0.822. The van der Waals surface area contributed by atoms with Gasteiger partial charge in [0.2, 0.25) is 0 Å². The van der Waals surface area contributed by atoms with Crippen molar-refractivity contribution in [2.24, 2.45) is 0 Å². The Morgan fingerprint density at radius 3 is 2.94 bits per heavy atom. The summed E-state index contributed by atoms with van der Waals surface area (Å²) in [6, 6.07) is 7.03. The molecular formula is C14H18FN3. The van der Waals surface area contributed by atoms with E-state index >= 15 is 0 Å². The number of nitrogens with one attached hydrogen (secondary N) is 2. The van der Waals surface area contributed by atoms with Gasteiger partial charge in [0.15, 0.2) is 0 Å². The Hall–Kier alpha value is -1.68. The molecular weight excluding hydrogens is 229 g/mol. The lowest BCUT2D eigenvalue weighted by atomic mass is 10.0. The highest BCUT2D eigenvalue weighted by Gasteiger charge is 2.11. The number of aromatic nitrogens is 2. The largest absolute Gasteiger partial charge is 0.349 e. The van der Waals surface area contributed by atoms with Crippen molar-refractivity contribution in [3.63, 3.8) is 0 Å². The van der Waals surface area contributed by atoms with Gasteiger partial charge in [-0.3, -0.25) is 0 Å². The van der Waals surface area contributed by atoms with Gasteiger partial charge in [0, 0.05) is 24.9 Å². The summed E-state index contributed by atoms with van der Waals surface area (Å²) in [6.45, 7) is 2.96. The number of halogens is 1. The SMILES string of the molecule is CCNC(Cc1cccc(F)c1)Cc1ncc[nH]1. The minimum Gasteiger partial charge on any atom is -0.349 e. The lowest BCUT2D eigenvalue weighted by Gasteiger charge is -2.16. The maximum atomic E-state index is 13.1. The Balaban J connectivity index is 2.01. The fraction of sp³-hybridized carbons (Fsp3) is 0.357. The van der Waals surface area contributed by atoms with E-state index in [1.807, 2.05) is 12.3 Å². The monoisotopic (exact) mass is 247 g/mol. The maximum absolute atomic E-state index is 13.1. The predicted molar refractivity (Wildman–Crippen MR) is 69.9 cm³/mol. The molecule has 0 spiro atoms. The molecule has 1 heterocycles. The van der Waals surface area contributed by atoms with Crippen molar-refractivity contribution in [1.82, 2.24) is 15.3 Å². The van der Waals surface area contributed by atoms with Gasteiger partial charge in [-0.15, -0.1) is 0 Å². The van der Waals surface area contributed by atoms with E-state index in [2.05, 4.69) is 22.2 Å². The number of hydrogen-bond acceptors (Lipinski definition) is 2. The summed E-state index contributed by atoms with van der Waals surface area (Å²) < 4.78 is 13.1. The van der Waals surface area contributed by atoms with Crippen LogP contribution in [0.1, 0.15) is 18.3 Å². The third kappa shape index (κ3) is 3.67. The lowest BCUT2D eigenvalue weighted by Crippen LogP contribution is -2.33. The third-order valence-corrected chi connectivity index (χ3v) is 2.86. The molecule has 0 saturated carbocycles. The van der Waals surface area contributed by atoms with E-state index in [4.69, 9.17) is 0 Å². The van der Waals surface area contributed by atoms with Crippen molar-refractivity contribution < 1.29 is 4.39 Å². The number of imidazole rings is 1. The zero-order chi connectivity index (χ0) is 12.8. The highest BCUT2D eigenvalue weighted by Crippen LogP contribution is 2.09. The first-order valence-electron chi connectivity index (χ1n) is 6.24. The molecule has 0 bridgehead atoms. The summed E-state index contributed by atoms with van der Waals surface area (Å²) in [6.07, 6.45) is 5.19. The zero-order valence-corrected chi connectivity index (χ0v) is 10.5. The molecule has 0 amide bonds. The molecule has 96 valence electrons. The van der Waals surface area contributed by atoms with E-state index in [0.717, 1.165) is 30.8 Å². The van der Waals surface area contributed by atoms with Crippen LogP contribution in [-0.4, -0.2) is 22.6 Å². The van der Waals surface area contributed by atoms with Gasteiger partial charge in [-0.1, -0.05) is 19.1 Å². The minimum absolute atomic E-state index is 0.180. The Kier molecular flexibility index (Phi) is 4.47. The van der Waals surface area contributed by atoms with Crippen LogP contribution in [0, 0.1) is 5.82 Å². The van der Waals surface area contributed by atoms with Crippen LogP contribution in [0.3, 0.4) is 0 Å². The average molecular weight is 247 g/mol. The van der Waals surface area contributed by atoms with Crippen molar-refractivity contribution in [2.75, 3.05) is 6.54 Å². The summed E-state index contributed by atoms with van der Waals surface area (Å²) >= 11 is 0. The van der Waals surface area contributed by atoms with Gasteiger partial charge in [0.1, 0.15) is 11.6 Å². The van der Waals surface area contributed by atoms with Crippen LogP contribution in [-0.2, 0) is 12.8 Å². The molecule has 0 aliphatic heterocycles. The fourth-order valence-electron chi connectivity index (χ4n) is 2.10. The van der Waals surface area contributed by atoms with Crippen LogP contribution in [0.15, 0.2) is 36.7 Å². The van der Waals surface area contributed by atoms with Gasteiger partial charge in [-0.25, -0.2) is 9.37 Å². The van der Waals surface area contributed by atoms with Crippen molar-refractivity contribution in [3.05, 3.63) is 53.9 Å². The highest BCUT2D eigenvalue weighted by atomic mass is 19.1. The van der Waals surface area contributed by atoms with E-state index in [1.54, 1.807) is 18.3 Å². The molecule has 1 aromatic heterocycles. The molecule has 0 radical (unpaired) electrons. The molecule has 1 atom stereocenters. The van der Waals surface area contributed by atoms with E-state index in [0.29, 0.717) is 0 Å². The molecule has 2 N–H and O–H groups in total. The molecule has 0 aliphatic rings. The number of benzene rings is 1. The van der Waals surface area contributed by atoms with Gasteiger partial charge in [0.25, 0.3) is 0 Å². The molecule has 2 rings (SSSR count). The summed E-state index contributed by atoms with van der Waals surface area (Å²) in [5.74, 6) is 0.776. The summed E-state index contributed by atoms with van der Waals surface area (Å²) in [5, 5.41) is 3.41. The van der Waals surface area contributed by atoms with Crippen LogP contribution >= 0.6 is 0 Å². The van der Waals surface area contributed by atoms with Gasteiger partial charge in [-0.2, -0.15) is 0 Å². The molecule has 4 heteroatoms. The normalized spacial score (nSPS) is 12.6. The number of hydrogen-bond donors (Lipinski definition) is 2. The lowest BCUT2D eigenvalue weighted by molar-refractivity contribution is 0.510. The number of H-pyrrole nitrogens is 1. The molecule has 3 nitrogen and oxygen atoms in total. The summed E-state index contributed by atoms with van der Waals surface area (Å²) in [5.41, 5.74) is 1.01. The van der Waals surface area contributed by atoms with Gasteiger partial charge in [0.05, 0.1) is 0 Å². The van der Waals surface area contributed by atoms with E-state index < -0.39 is 0 Å². The first-order chi connectivity index (χ1) is 8.78. The number of aromatic amines is 1. The number of likely N-dealkylation sites (N-methyl/N-ethyl adjacent to an activating group) is 1. The fourth-order valence-corrected chi connectivity index (χ4v) is 2.10. The van der Waals surface area contributed by atoms with Crippen LogP contribution in [0.2, 0.25) is 0 Å². The molecule has 0 saturated heterocycles. The van der Waals surface area contributed by atoms with Crippen molar-refractivity contribution in [3.8, 4) is 0 Å². The minimum atomic E-state index is -0.180. The first kappa shape index (κ1) is 12.8. The van der Waals surface area contributed by atoms with Gasteiger partial charge in [-0.05, 0) is 30.7 Å². The highest BCUT2D eigenvalue weighted by molar-refractivity contribution is 5.17. The van der Waals surface area contributed by atoms with E-state index in [9.17, 15) is 4.39 Å². The number of nitrogens with zero attached hydrogens (tertiary/aromatic N) is 1. The second-order valence-electron chi connectivity index (χ2n) is 4.33. The Labute approximate surface area is 106 Å². The van der Waals surface area contributed by atoms with Crippen LogP contribution < -0.4 is 5.32 Å². The summed E-state index contributed by atoms with van der Waals surface area (Å²) in [4.78, 5) is 7.33. The number of rotatable bonds is 6.